The van der Waals surface area contributed by atoms with Crippen molar-refractivity contribution < 1.29 is 14.7 Å². The summed E-state index contributed by atoms with van der Waals surface area (Å²) >= 11 is 3.17. The van der Waals surface area contributed by atoms with E-state index in [1.165, 1.54) is 0 Å². The molecule has 0 amide bonds. The first-order valence-electron chi connectivity index (χ1n) is 4.26. The maximum atomic E-state index is 9.13. The summed E-state index contributed by atoms with van der Waals surface area (Å²) in [6.45, 7) is -0.152. The van der Waals surface area contributed by atoms with Crippen molar-refractivity contribution in [2.75, 3.05) is 0 Å². The number of hydrogen-bond acceptors (Lipinski definition) is 4. The molecule has 0 atom stereocenters. The highest BCUT2D eigenvalue weighted by molar-refractivity contribution is 9.10. The summed E-state index contributed by atoms with van der Waals surface area (Å²) in [5.41, 5.74) is 1.36. The van der Waals surface area contributed by atoms with Crippen molar-refractivity contribution in [1.29, 1.82) is 0 Å². The summed E-state index contributed by atoms with van der Waals surface area (Å²) < 4.78 is 5.57. The number of aromatic hydroxyl groups is 1. The standard InChI is InChI=1S/C10H8BrNO3/c11-10-8(5-13)9(15-12-10)6-1-3-7(14)4-2-6/h1-4,13-14H,5H2. The number of hydrogen-bond donors (Lipinski definition) is 2. The quantitative estimate of drug-likeness (QED) is 0.878. The zero-order valence-electron chi connectivity index (χ0n) is 7.64. The van der Waals surface area contributed by atoms with Gasteiger partial charge in [0.1, 0.15) is 5.75 Å². The van der Waals surface area contributed by atoms with Crippen molar-refractivity contribution in [1.82, 2.24) is 5.16 Å². The van der Waals surface area contributed by atoms with Crippen LogP contribution in [0.2, 0.25) is 0 Å². The Balaban J connectivity index is 2.49. The number of aliphatic hydroxyl groups excluding tert-OH is 1. The van der Waals surface area contributed by atoms with Crippen molar-refractivity contribution in [3.8, 4) is 17.1 Å². The van der Waals surface area contributed by atoms with Crippen molar-refractivity contribution in [3.63, 3.8) is 0 Å². The third kappa shape index (κ3) is 1.88. The lowest BCUT2D eigenvalue weighted by Crippen LogP contribution is -1.85. The molecule has 0 unspecified atom stereocenters. The summed E-state index contributed by atoms with van der Waals surface area (Å²) in [4.78, 5) is 0. The van der Waals surface area contributed by atoms with Gasteiger partial charge in [-0.25, -0.2) is 0 Å². The van der Waals surface area contributed by atoms with Crippen LogP contribution in [0.25, 0.3) is 11.3 Å². The van der Waals surface area contributed by atoms with E-state index < -0.39 is 0 Å². The summed E-state index contributed by atoms with van der Waals surface area (Å²) in [5.74, 6) is 0.687. The molecule has 0 spiro atoms. The Labute approximate surface area is 94.3 Å². The lowest BCUT2D eigenvalue weighted by Gasteiger charge is -1.98. The fourth-order valence-electron chi connectivity index (χ4n) is 1.27. The van der Waals surface area contributed by atoms with E-state index in [0.29, 0.717) is 15.9 Å². The molecule has 1 aromatic carbocycles. The number of halogens is 1. The van der Waals surface area contributed by atoms with Crippen LogP contribution >= 0.6 is 15.9 Å². The van der Waals surface area contributed by atoms with Gasteiger partial charge in [0.15, 0.2) is 10.4 Å². The maximum absolute atomic E-state index is 9.13. The summed E-state index contributed by atoms with van der Waals surface area (Å²) in [6.07, 6.45) is 0. The highest BCUT2D eigenvalue weighted by atomic mass is 79.9. The first kappa shape index (κ1) is 10.2. The monoisotopic (exact) mass is 269 g/mol. The number of aliphatic hydroxyl groups is 1. The molecule has 2 aromatic rings. The molecule has 0 radical (unpaired) electrons. The molecule has 0 bridgehead atoms. The van der Waals surface area contributed by atoms with Crippen LogP contribution < -0.4 is 0 Å². The molecule has 1 heterocycles. The topological polar surface area (TPSA) is 66.5 Å². The molecule has 15 heavy (non-hydrogen) atoms. The average Bonchev–Trinajstić information content (AvgIpc) is 2.61. The van der Waals surface area contributed by atoms with Crippen molar-refractivity contribution in [2.24, 2.45) is 0 Å². The van der Waals surface area contributed by atoms with E-state index in [9.17, 15) is 0 Å². The first-order valence-corrected chi connectivity index (χ1v) is 5.06. The van der Waals surface area contributed by atoms with Gasteiger partial charge >= 0.3 is 0 Å². The van der Waals surface area contributed by atoms with Gasteiger partial charge in [-0.3, -0.25) is 0 Å². The minimum Gasteiger partial charge on any atom is -0.508 e. The Morgan fingerprint density at radius 2 is 1.93 bits per heavy atom. The predicted octanol–water partition coefficient (Wildman–Crippen LogP) is 2.30. The summed E-state index contributed by atoms with van der Waals surface area (Å²) in [5, 5.41) is 22.0. The SMILES string of the molecule is OCc1c(Br)noc1-c1ccc(O)cc1. The van der Waals surface area contributed by atoms with Gasteiger partial charge in [0.25, 0.3) is 0 Å². The van der Waals surface area contributed by atoms with Gasteiger partial charge in [-0.05, 0) is 40.2 Å². The molecule has 1 aromatic heterocycles. The molecule has 0 aliphatic heterocycles. The zero-order valence-corrected chi connectivity index (χ0v) is 9.23. The molecule has 4 nitrogen and oxygen atoms in total. The number of phenols is 1. The lowest BCUT2D eigenvalue weighted by molar-refractivity contribution is 0.281. The largest absolute Gasteiger partial charge is 0.508 e. The Morgan fingerprint density at radius 1 is 1.27 bits per heavy atom. The Kier molecular flexibility index (Phi) is 2.75. The van der Waals surface area contributed by atoms with Gasteiger partial charge in [-0.2, -0.15) is 0 Å². The van der Waals surface area contributed by atoms with Crippen LogP contribution in [0.4, 0.5) is 0 Å². The molecular weight excluding hydrogens is 262 g/mol. The third-order valence-corrected chi connectivity index (χ3v) is 2.65. The molecule has 2 rings (SSSR count). The second-order valence-electron chi connectivity index (χ2n) is 2.99. The molecule has 0 saturated heterocycles. The van der Waals surface area contributed by atoms with E-state index in [2.05, 4.69) is 21.1 Å². The minimum absolute atomic E-state index is 0.152. The molecule has 78 valence electrons. The number of aromatic nitrogens is 1. The van der Waals surface area contributed by atoms with Crippen LogP contribution in [-0.2, 0) is 6.61 Å². The van der Waals surface area contributed by atoms with Gasteiger partial charge in [-0.15, -0.1) is 0 Å². The van der Waals surface area contributed by atoms with E-state index in [4.69, 9.17) is 14.7 Å². The minimum atomic E-state index is -0.152. The number of benzene rings is 1. The highest BCUT2D eigenvalue weighted by Crippen LogP contribution is 2.30. The molecule has 2 N–H and O–H groups in total. The average molecular weight is 270 g/mol. The molecule has 0 saturated carbocycles. The second-order valence-corrected chi connectivity index (χ2v) is 3.74. The normalized spacial score (nSPS) is 10.5. The van der Waals surface area contributed by atoms with E-state index >= 15 is 0 Å². The molecule has 0 aliphatic carbocycles. The zero-order chi connectivity index (χ0) is 10.8. The molecule has 0 fully saturated rings. The smallest absolute Gasteiger partial charge is 0.173 e. The first-order chi connectivity index (χ1) is 7.22. The van der Waals surface area contributed by atoms with Crippen LogP contribution in [0.5, 0.6) is 5.75 Å². The Morgan fingerprint density at radius 3 is 2.53 bits per heavy atom. The van der Waals surface area contributed by atoms with Crippen molar-refractivity contribution in [3.05, 3.63) is 34.4 Å². The van der Waals surface area contributed by atoms with Crippen LogP contribution in [-0.4, -0.2) is 15.4 Å². The summed E-state index contributed by atoms with van der Waals surface area (Å²) in [7, 11) is 0. The van der Waals surface area contributed by atoms with Crippen LogP contribution in [0.3, 0.4) is 0 Å². The maximum Gasteiger partial charge on any atom is 0.173 e. The fraction of sp³-hybridized carbons (Fsp3) is 0.100. The highest BCUT2D eigenvalue weighted by Gasteiger charge is 2.14. The Bertz CT molecular complexity index is 464. The number of rotatable bonds is 2. The lowest BCUT2D eigenvalue weighted by atomic mass is 10.1. The predicted molar refractivity (Wildman–Crippen MR) is 57.2 cm³/mol. The molecule has 5 heteroatoms. The molecule has 0 aliphatic rings. The van der Waals surface area contributed by atoms with E-state index in [-0.39, 0.29) is 12.4 Å². The third-order valence-electron chi connectivity index (χ3n) is 2.03. The number of nitrogens with zero attached hydrogens (tertiary/aromatic N) is 1. The fourth-order valence-corrected chi connectivity index (χ4v) is 1.64. The van der Waals surface area contributed by atoms with Crippen LogP contribution in [0, 0.1) is 0 Å². The van der Waals surface area contributed by atoms with Crippen LogP contribution in [0.15, 0.2) is 33.4 Å². The van der Waals surface area contributed by atoms with Crippen LogP contribution in [0.1, 0.15) is 5.56 Å². The molecular formula is C10H8BrNO3. The van der Waals surface area contributed by atoms with E-state index in [1.807, 2.05) is 0 Å². The van der Waals surface area contributed by atoms with Gasteiger partial charge < -0.3 is 14.7 Å². The van der Waals surface area contributed by atoms with Gasteiger partial charge in [-0.1, -0.05) is 5.16 Å². The van der Waals surface area contributed by atoms with E-state index in [1.54, 1.807) is 24.3 Å². The van der Waals surface area contributed by atoms with Gasteiger partial charge in [0.2, 0.25) is 0 Å². The van der Waals surface area contributed by atoms with E-state index in [0.717, 1.165) is 5.56 Å². The van der Waals surface area contributed by atoms with Gasteiger partial charge in [0.05, 0.1) is 12.2 Å². The van der Waals surface area contributed by atoms with Gasteiger partial charge in [0, 0.05) is 5.56 Å². The van der Waals surface area contributed by atoms with Crippen molar-refractivity contribution in [2.45, 2.75) is 6.61 Å². The second kappa shape index (κ2) is 4.04. The van der Waals surface area contributed by atoms with Crippen molar-refractivity contribution >= 4 is 15.9 Å². The summed E-state index contributed by atoms with van der Waals surface area (Å²) in [6, 6.07) is 6.49. The number of phenolic OH excluding ortho intramolecular Hbond substituents is 1. The Hall–Kier alpha value is -1.33.